The Labute approximate surface area is 141 Å². The van der Waals surface area contributed by atoms with Crippen molar-refractivity contribution in [2.45, 2.75) is 0 Å². The van der Waals surface area contributed by atoms with Crippen LogP contribution in [-0.2, 0) is 0 Å². The molecule has 0 aliphatic heterocycles. The summed E-state index contributed by atoms with van der Waals surface area (Å²) in [5, 5.41) is 6.58. The van der Waals surface area contributed by atoms with E-state index >= 15 is 0 Å². The molecule has 3 rings (SSSR count). The maximum atomic E-state index is 12.8. The number of nitrogens with zero attached hydrogens (tertiary/aromatic N) is 1. The zero-order valence-electron chi connectivity index (χ0n) is 10.7. The molecule has 2 aromatic carbocycles. The van der Waals surface area contributed by atoms with Gasteiger partial charge < -0.3 is 5.32 Å². The molecular weight excluding hydrogens is 375 g/mol. The molecule has 0 aliphatic rings. The molecule has 1 aromatic heterocycles. The number of rotatable bonds is 3. The summed E-state index contributed by atoms with van der Waals surface area (Å²) >= 11 is 7.36. The van der Waals surface area contributed by atoms with E-state index in [1.54, 1.807) is 12.1 Å². The molecule has 6 heteroatoms. The smallest absolute Gasteiger partial charge is 0.187 e. The van der Waals surface area contributed by atoms with Crippen LogP contribution in [0.2, 0.25) is 5.02 Å². The van der Waals surface area contributed by atoms with Gasteiger partial charge in [0.15, 0.2) is 5.13 Å². The monoisotopic (exact) mass is 384 g/mol. The topological polar surface area (TPSA) is 24.9 Å². The molecule has 0 saturated heterocycles. The van der Waals surface area contributed by atoms with E-state index in [9.17, 15) is 4.39 Å². The Balaban J connectivity index is 0.00000161. The van der Waals surface area contributed by atoms with Crippen molar-refractivity contribution in [2.24, 2.45) is 0 Å². The van der Waals surface area contributed by atoms with E-state index in [-0.39, 0.29) is 22.8 Å². The van der Waals surface area contributed by atoms with E-state index in [1.807, 2.05) is 29.6 Å². The minimum Gasteiger partial charge on any atom is -0.332 e. The molecule has 0 spiro atoms. The van der Waals surface area contributed by atoms with Gasteiger partial charge in [0.25, 0.3) is 0 Å². The average molecular weight is 386 g/mol. The van der Waals surface area contributed by atoms with E-state index in [2.05, 4.69) is 10.3 Å². The van der Waals surface area contributed by atoms with Crippen molar-refractivity contribution in [2.75, 3.05) is 5.32 Å². The molecule has 108 valence electrons. The second-order valence-corrected chi connectivity index (χ2v) is 5.47. The first-order valence-corrected chi connectivity index (χ1v) is 7.20. The third-order valence-corrected chi connectivity index (χ3v) is 3.75. The van der Waals surface area contributed by atoms with Crippen molar-refractivity contribution < 1.29 is 4.39 Å². The van der Waals surface area contributed by atoms with E-state index < -0.39 is 0 Å². The first kappa shape index (κ1) is 15.9. The molecule has 0 aliphatic carbocycles. The Bertz CT molecular complexity index is 713. The zero-order chi connectivity index (χ0) is 13.9. The maximum absolute atomic E-state index is 12.8. The van der Waals surface area contributed by atoms with E-state index in [4.69, 9.17) is 11.6 Å². The zero-order valence-corrected chi connectivity index (χ0v) is 14.0. The Kier molecular flexibility index (Phi) is 5.33. The number of hydrogen-bond donors (Lipinski definition) is 1. The molecule has 0 amide bonds. The Hall–Kier alpha value is -1.43. The highest BCUT2D eigenvalue weighted by molar-refractivity contribution is 8.93. The summed E-state index contributed by atoms with van der Waals surface area (Å²) in [6, 6.07) is 13.7. The lowest BCUT2D eigenvalue weighted by molar-refractivity contribution is 0.628. The van der Waals surface area contributed by atoms with Crippen LogP contribution in [0.1, 0.15) is 0 Å². The fourth-order valence-electron chi connectivity index (χ4n) is 1.74. The molecule has 21 heavy (non-hydrogen) atoms. The van der Waals surface area contributed by atoms with Crippen molar-refractivity contribution >= 4 is 50.7 Å². The molecule has 0 bridgehead atoms. The van der Waals surface area contributed by atoms with Gasteiger partial charge in [-0.05, 0) is 36.4 Å². The van der Waals surface area contributed by atoms with Gasteiger partial charge in [0, 0.05) is 21.7 Å². The fraction of sp³-hybridized carbons (Fsp3) is 0. The number of benzene rings is 2. The van der Waals surface area contributed by atoms with Gasteiger partial charge in [0.2, 0.25) is 0 Å². The number of hydrogen-bond acceptors (Lipinski definition) is 3. The van der Waals surface area contributed by atoms with Crippen LogP contribution in [0, 0.1) is 5.82 Å². The molecule has 0 radical (unpaired) electrons. The van der Waals surface area contributed by atoms with Gasteiger partial charge in [-0.15, -0.1) is 28.3 Å². The lowest BCUT2D eigenvalue weighted by Gasteiger charge is -2.01. The molecule has 2 nitrogen and oxygen atoms in total. The van der Waals surface area contributed by atoms with E-state index in [1.165, 1.54) is 23.5 Å². The van der Waals surface area contributed by atoms with Gasteiger partial charge >= 0.3 is 0 Å². The normalized spacial score (nSPS) is 10.0. The summed E-state index contributed by atoms with van der Waals surface area (Å²) in [5.74, 6) is -0.253. The van der Waals surface area contributed by atoms with Crippen LogP contribution in [0.15, 0.2) is 53.9 Å². The second-order valence-electron chi connectivity index (χ2n) is 4.18. The highest BCUT2D eigenvalue weighted by Gasteiger charge is 2.05. The third-order valence-electron chi connectivity index (χ3n) is 2.74. The van der Waals surface area contributed by atoms with Gasteiger partial charge in [-0.2, -0.15) is 0 Å². The van der Waals surface area contributed by atoms with Crippen LogP contribution < -0.4 is 5.32 Å². The van der Waals surface area contributed by atoms with Crippen molar-refractivity contribution in [1.29, 1.82) is 0 Å². The van der Waals surface area contributed by atoms with Crippen LogP contribution in [0.5, 0.6) is 0 Å². The maximum Gasteiger partial charge on any atom is 0.187 e. The number of anilines is 2. The van der Waals surface area contributed by atoms with Crippen LogP contribution in [0.4, 0.5) is 15.2 Å². The molecule has 0 saturated carbocycles. The first-order valence-electron chi connectivity index (χ1n) is 5.95. The Morgan fingerprint density at radius 2 is 1.67 bits per heavy atom. The van der Waals surface area contributed by atoms with Crippen LogP contribution in [0.25, 0.3) is 11.3 Å². The number of aromatic nitrogens is 1. The standard InChI is InChI=1S/C15H10ClFN2S.BrH/c16-11-3-1-10(2-4-11)14-9-20-15(19-14)18-13-7-5-12(17)6-8-13;/h1-9H,(H,18,19);1H. The lowest BCUT2D eigenvalue weighted by atomic mass is 10.2. The van der Waals surface area contributed by atoms with Crippen LogP contribution >= 0.6 is 39.9 Å². The number of thiazole rings is 1. The minimum atomic E-state index is -0.253. The van der Waals surface area contributed by atoms with Gasteiger partial charge in [-0.25, -0.2) is 9.37 Å². The Morgan fingerprint density at radius 3 is 2.33 bits per heavy atom. The summed E-state index contributed by atoms with van der Waals surface area (Å²) in [6.45, 7) is 0. The van der Waals surface area contributed by atoms with Crippen LogP contribution in [0.3, 0.4) is 0 Å². The molecule has 0 fully saturated rings. The molecule has 0 atom stereocenters. The number of halogens is 3. The van der Waals surface area contributed by atoms with Crippen molar-refractivity contribution in [3.63, 3.8) is 0 Å². The molecule has 1 N–H and O–H groups in total. The van der Waals surface area contributed by atoms with E-state index in [0.717, 1.165) is 22.1 Å². The molecule has 0 unspecified atom stereocenters. The predicted molar refractivity (Wildman–Crippen MR) is 92.6 cm³/mol. The van der Waals surface area contributed by atoms with Gasteiger partial charge in [-0.1, -0.05) is 23.7 Å². The molecule has 1 heterocycles. The van der Waals surface area contributed by atoms with Crippen LogP contribution in [-0.4, -0.2) is 4.98 Å². The summed E-state index contributed by atoms with van der Waals surface area (Å²) in [5.41, 5.74) is 2.71. The SMILES string of the molecule is Br.Fc1ccc(Nc2nc(-c3ccc(Cl)cc3)cs2)cc1. The summed E-state index contributed by atoms with van der Waals surface area (Å²) < 4.78 is 12.8. The number of nitrogens with one attached hydrogen (secondary N) is 1. The largest absolute Gasteiger partial charge is 0.332 e. The summed E-state index contributed by atoms with van der Waals surface area (Å²) in [4.78, 5) is 4.50. The van der Waals surface area contributed by atoms with Gasteiger partial charge in [0.05, 0.1) is 5.69 Å². The highest BCUT2D eigenvalue weighted by Crippen LogP contribution is 2.27. The third kappa shape index (κ3) is 4.03. The van der Waals surface area contributed by atoms with Crippen molar-refractivity contribution in [3.05, 3.63) is 64.8 Å². The summed E-state index contributed by atoms with van der Waals surface area (Å²) in [7, 11) is 0. The fourth-order valence-corrected chi connectivity index (χ4v) is 2.61. The van der Waals surface area contributed by atoms with Crippen molar-refractivity contribution in [1.82, 2.24) is 4.98 Å². The van der Waals surface area contributed by atoms with Gasteiger partial charge in [0.1, 0.15) is 5.82 Å². The van der Waals surface area contributed by atoms with Crippen molar-refractivity contribution in [3.8, 4) is 11.3 Å². The predicted octanol–water partition coefficient (Wildman–Crippen LogP) is 5.92. The average Bonchev–Trinajstić information content (AvgIpc) is 2.91. The second kappa shape index (κ2) is 7.02. The lowest BCUT2D eigenvalue weighted by Crippen LogP contribution is -1.89. The first-order chi connectivity index (χ1) is 9.70. The van der Waals surface area contributed by atoms with E-state index in [0.29, 0.717) is 5.02 Å². The Morgan fingerprint density at radius 1 is 1.00 bits per heavy atom. The minimum absolute atomic E-state index is 0. The summed E-state index contributed by atoms with van der Waals surface area (Å²) in [6.07, 6.45) is 0. The quantitative estimate of drug-likeness (QED) is 0.605. The molecular formula is C15H11BrClFN2S. The molecule has 3 aromatic rings. The highest BCUT2D eigenvalue weighted by atomic mass is 79.9. The van der Waals surface area contributed by atoms with Gasteiger partial charge in [-0.3, -0.25) is 0 Å².